The molecular weight excluding hydrogens is 250 g/mol. The van der Waals surface area contributed by atoms with Gasteiger partial charge in [-0.3, -0.25) is 4.79 Å². The Balaban J connectivity index is 1.84. The average molecular weight is 268 g/mol. The van der Waals surface area contributed by atoms with Crippen molar-refractivity contribution >= 4 is 5.91 Å². The lowest BCUT2D eigenvalue weighted by Crippen LogP contribution is -2.41. The van der Waals surface area contributed by atoms with E-state index < -0.39 is 11.6 Å². The van der Waals surface area contributed by atoms with E-state index in [1.165, 1.54) is 6.07 Å². The predicted molar refractivity (Wildman–Crippen MR) is 68.2 cm³/mol. The molecule has 0 aliphatic heterocycles. The van der Waals surface area contributed by atoms with Crippen molar-refractivity contribution in [1.82, 2.24) is 5.32 Å². The Bertz CT molecular complexity index is 467. The van der Waals surface area contributed by atoms with Crippen molar-refractivity contribution in [2.24, 2.45) is 11.1 Å². The minimum atomic E-state index is -0.899. The van der Waals surface area contributed by atoms with E-state index >= 15 is 0 Å². The first kappa shape index (κ1) is 13.9. The molecule has 1 aliphatic rings. The summed E-state index contributed by atoms with van der Waals surface area (Å²) in [6.07, 6.45) is 3.50. The highest BCUT2D eigenvalue weighted by Crippen LogP contribution is 2.42. The van der Waals surface area contributed by atoms with Crippen molar-refractivity contribution in [3.8, 4) is 0 Å². The fraction of sp³-hybridized carbons (Fsp3) is 0.500. The molecule has 1 amide bonds. The minimum absolute atomic E-state index is 0.0435. The fourth-order valence-corrected chi connectivity index (χ4v) is 2.38. The summed E-state index contributed by atoms with van der Waals surface area (Å²) in [7, 11) is 0. The van der Waals surface area contributed by atoms with E-state index in [0.29, 0.717) is 18.5 Å². The molecule has 0 atom stereocenters. The standard InChI is InChI=1S/C14H18F2N2O/c15-11-3-2-10(6-12(11)16)8-18-13(19)7-14(9-17)4-1-5-14/h2-3,6H,1,4-5,7-9,17H2,(H,18,19). The van der Waals surface area contributed by atoms with E-state index in [9.17, 15) is 13.6 Å². The van der Waals surface area contributed by atoms with Crippen LogP contribution in [0.1, 0.15) is 31.2 Å². The predicted octanol–water partition coefficient (Wildman–Crippen LogP) is 2.10. The van der Waals surface area contributed by atoms with Crippen LogP contribution in [0.2, 0.25) is 0 Å². The van der Waals surface area contributed by atoms with Crippen LogP contribution >= 0.6 is 0 Å². The first-order valence-electron chi connectivity index (χ1n) is 6.45. The molecule has 0 unspecified atom stereocenters. The lowest BCUT2D eigenvalue weighted by Gasteiger charge is -2.40. The number of amides is 1. The normalized spacial score (nSPS) is 16.8. The lowest BCUT2D eigenvalue weighted by atomic mass is 9.66. The number of nitrogens with two attached hydrogens (primary N) is 1. The summed E-state index contributed by atoms with van der Waals surface area (Å²) < 4.78 is 25.7. The van der Waals surface area contributed by atoms with Crippen LogP contribution in [0.5, 0.6) is 0 Å². The van der Waals surface area contributed by atoms with Crippen molar-refractivity contribution in [1.29, 1.82) is 0 Å². The van der Waals surface area contributed by atoms with Crippen molar-refractivity contribution < 1.29 is 13.6 Å². The highest BCUT2D eigenvalue weighted by atomic mass is 19.2. The van der Waals surface area contributed by atoms with Crippen LogP contribution in [-0.2, 0) is 11.3 Å². The number of rotatable bonds is 5. The molecule has 1 fully saturated rings. The maximum Gasteiger partial charge on any atom is 0.220 e. The van der Waals surface area contributed by atoms with Crippen LogP contribution in [0.3, 0.4) is 0 Å². The van der Waals surface area contributed by atoms with Gasteiger partial charge in [0.1, 0.15) is 0 Å². The Morgan fingerprint density at radius 1 is 1.32 bits per heavy atom. The number of halogens is 2. The van der Waals surface area contributed by atoms with Gasteiger partial charge in [-0.1, -0.05) is 12.5 Å². The molecule has 1 saturated carbocycles. The second-order valence-corrected chi connectivity index (χ2v) is 5.26. The van der Waals surface area contributed by atoms with Crippen LogP contribution in [0.4, 0.5) is 8.78 Å². The quantitative estimate of drug-likeness (QED) is 0.859. The summed E-state index contributed by atoms with van der Waals surface area (Å²) in [5, 5.41) is 2.72. The molecule has 0 radical (unpaired) electrons. The largest absolute Gasteiger partial charge is 0.352 e. The van der Waals surface area contributed by atoms with Crippen LogP contribution in [0, 0.1) is 17.0 Å². The van der Waals surface area contributed by atoms with E-state index in [1.807, 2.05) is 0 Å². The maximum atomic E-state index is 13.0. The topological polar surface area (TPSA) is 55.1 Å². The van der Waals surface area contributed by atoms with Gasteiger partial charge in [-0.25, -0.2) is 8.78 Å². The Kier molecular flexibility index (Phi) is 4.14. The number of carbonyl (C=O) groups excluding carboxylic acids is 1. The third-order valence-corrected chi connectivity index (χ3v) is 3.86. The van der Waals surface area contributed by atoms with Gasteiger partial charge in [0.2, 0.25) is 5.91 Å². The molecule has 3 nitrogen and oxygen atoms in total. The van der Waals surface area contributed by atoms with E-state index in [-0.39, 0.29) is 17.9 Å². The van der Waals surface area contributed by atoms with Gasteiger partial charge in [0.25, 0.3) is 0 Å². The Morgan fingerprint density at radius 2 is 2.05 bits per heavy atom. The molecular formula is C14H18F2N2O. The van der Waals surface area contributed by atoms with Crippen LogP contribution in [-0.4, -0.2) is 12.5 Å². The van der Waals surface area contributed by atoms with Crippen LogP contribution < -0.4 is 11.1 Å². The molecule has 5 heteroatoms. The zero-order chi connectivity index (χ0) is 13.9. The van der Waals surface area contributed by atoms with Gasteiger partial charge < -0.3 is 11.1 Å². The van der Waals surface area contributed by atoms with E-state index in [0.717, 1.165) is 31.4 Å². The molecule has 1 aromatic carbocycles. The monoisotopic (exact) mass is 268 g/mol. The van der Waals surface area contributed by atoms with E-state index in [1.54, 1.807) is 0 Å². The number of benzene rings is 1. The summed E-state index contributed by atoms with van der Waals surface area (Å²) in [5.41, 5.74) is 6.19. The minimum Gasteiger partial charge on any atom is -0.352 e. The second-order valence-electron chi connectivity index (χ2n) is 5.26. The molecule has 0 spiro atoms. The highest BCUT2D eigenvalue weighted by molar-refractivity contribution is 5.76. The SMILES string of the molecule is NCC1(CC(=O)NCc2ccc(F)c(F)c2)CCC1. The molecule has 19 heavy (non-hydrogen) atoms. The lowest BCUT2D eigenvalue weighted by molar-refractivity contribution is -0.124. The molecule has 1 aromatic rings. The summed E-state index contributed by atoms with van der Waals surface area (Å²) in [5.74, 6) is -1.87. The molecule has 1 aliphatic carbocycles. The average Bonchev–Trinajstić information content (AvgIpc) is 2.35. The Morgan fingerprint density at radius 3 is 2.58 bits per heavy atom. The Labute approximate surface area is 111 Å². The first-order chi connectivity index (χ1) is 9.04. The molecule has 0 saturated heterocycles. The third-order valence-electron chi connectivity index (χ3n) is 3.86. The number of nitrogens with one attached hydrogen (secondary N) is 1. The summed E-state index contributed by atoms with van der Waals surface area (Å²) in [6, 6.07) is 3.61. The summed E-state index contributed by atoms with van der Waals surface area (Å²) in [4.78, 5) is 11.8. The third kappa shape index (κ3) is 3.29. The van der Waals surface area contributed by atoms with Crippen molar-refractivity contribution in [3.63, 3.8) is 0 Å². The summed E-state index contributed by atoms with van der Waals surface area (Å²) >= 11 is 0. The molecule has 2 rings (SSSR count). The Hall–Kier alpha value is -1.49. The number of carbonyl (C=O) groups is 1. The number of hydrogen-bond acceptors (Lipinski definition) is 2. The highest BCUT2D eigenvalue weighted by Gasteiger charge is 2.37. The molecule has 3 N–H and O–H groups in total. The van der Waals surface area contributed by atoms with Gasteiger partial charge in [-0.2, -0.15) is 0 Å². The van der Waals surface area contributed by atoms with Gasteiger partial charge in [0.05, 0.1) is 0 Å². The molecule has 104 valence electrons. The van der Waals surface area contributed by atoms with Crippen molar-refractivity contribution in [3.05, 3.63) is 35.4 Å². The van der Waals surface area contributed by atoms with Gasteiger partial charge in [-0.15, -0.1) is 0 Å². The molecule has 0 aromatic heterocycles. The van der Waals surface area contributed by atoms with Gasteiger partial charge >= 0.3 is 0 Å². The zero-order valence-corrected chi connectivity index (χ0v) is 10.7. The van der Waals surface area contributed by atoms with Gasteiger partial charge in [-0.05, 0) is 42.5 Å². The molecule has 0 bridgehead atoms. The van der Waals surface area contributed by atoms with Crippen molar-refractivity contribution in [2.75, 3.05) is 6.54 Å². The van der Waals surface area contributed by atoms with E-state index in [2.05, 4.69) is 5.32 Å². The number of hydrogen-bond donors (Lipinski definition) is 2. The second kappa shape index (κ2) is 5.65. The van der Waals surface area contributed by atoms with Gasteiger partial charge in [0.15, 0.2) is 11.6 Å². The zero-order valence-electron chi connectivity index (χ0n) is 10.7. The maximum absolute atomic E-state index is 13.0. The smallest absolute Gasteiger partial charge is 0.220 e. The van der Waals surface area contributed by atoms with Crippen LogP contribution in [0.25, 0.3) is 0 Å². The fourth-order valence-electron chi connectivity index (χ4n) is 2.38. The van der Waals surface area contributed by atoms with E-state index in [4.69, 9.17) is 5.73 Å². The van der Waals surface area contributed by atoms with Gasteiger partial charge in [0, 0.05) is 13.0 Å². The summed E-state index contributed by atoms with van der Waals surface area (Å²) in [6.45, 7) is 0.724. The first-order valence-corrected chi connectivity index (χ1v) is 6.45. The molecule has 0 heterocycles. The van der Waals surface area contributed by atoms with Crippen molar-refractivity contribution in [2.45, 2.75) is 32.2 Å². The van der Waals surface area contributed by atoms with Crippen LogP contribution in [0.15, 0.2) is 18.2 Å².